The second-order valence-electron chi connectivity index (χ2n) is 3.33. The van der Waals surface area contributed by atoms with Crippen LogP contribution >= 0.6 is 0 Å². The van der Waals surface area contributed by atoms with Crippen LogP contribution in [-0.2, 0) is 14.8 Å². The number of nitriles is 1. The monoisotopic (exact) mass is 255 g/mol. The summed E-state index contributed by atoms with van der Waals surface area (Å²) in [5.41, 5.74) is 6.48. The van der Waals surface area contributed by atoms with Crippen molar-refractivity contribution >= 4 is 21.4 Å². The predicted molar refractivity (Wildman–Crippen MR) is 64.9 cm³/mol. The van der Waals surface area contributed by atoms with Crippen molar-refractivity contribution in [3.63, 3.8) is 0 Å². The lowest BCUT2D eigenvalue weighted by atomic mass is 10.2. The third kappa shape index (κ3) is 3.94. The molecule has 0 heterocycles. The fraction of sp³-hybridized carbons (Fsp3) is 0.300. The minimum absolute atomic E-state index is 0.103. The molecule has 0 fully saturated rings. The highest BCUT2D eigenvalue weighted by Gasteiger charge is 2.11. The lowest BCUT2D eigenvalue weighted by molar-refractivity contribution is 0.217. The molecule has 1 aromatic rings. The highest BCUT2D eigenvalue weighted by molar-refractivity contribution is 7.92. The normalized spacial score (nSPS) is 10.8. The molecular weight excluding hydrogens is 242 g/mol. The zero-order valence-corrected chi connectivity index (χ0v) is 10.1. The van der Waals surface area contributed by atoms with E-state index in [-0.39, 0.29) is 23.7 Å². The number of rotatable bonds is 5. The minimum atomic E-state index is -3.48. The van der Waals surface area contributed by atoms with Gasteiger partial charge in [-0.2, -0.15) is 5.26 Å². The average molecular weight is 255 g/mol. The summed E-state index contributed by atoms with van der Waals surface area (Å²) in [6.07, 6.45) is 0. The number of nitrogens with one attached hydrogen (secondary N) is 1. The number of benzene rings is 1. The molecule has 1 aromatic carbocycles. The Hall–Kier alpha value is -1.78. The summed E-state index contributed by atoms with van der Waals surface area (Å²) in [5.74, 6) is -0.150. The average Bonchev–Trinajstić information content (AvgIpc) is 2.29. The molecule has 17 heavy (non-hydrogen) atoms. The number of nitrogens with zero attached hydrogens (tertiary/aromatic N) is 1. The summed E-state index contributed by atoms with van der Waals surface area (Å²) in [4.78, 5) is 0. The zero-order valence-electron chi connectivity index (χ0n) is 9.30. The molecule has 0 aromatic heterocycles. The van der Waals surface area contributed by atoms with E-state index in [1.807, 2.05) is 6.07 Å². The standard InChI is InChI=1S/C10H13N3O3S/c1-16-4-5-17(14,15)13-10-3-2-8(7-11)6-9(10)12/h2-3,6,13H,4-5,12H2,1H3. The van der Waals surface area contributed by atoms with Crippen molar-refractivity contribution in [2.24, 2.45) is 0 Å². The first kappa shape index (κ1) is 13.3. The minimum Gasteiger partial charge on any atom is -0.397 e. The van der Waals surface area contributed by atoms with E-state index in [9.17, 15) is 8.42 Å². The molecule has 92 valence electrons. The highest BCUT2D eigenvalue weighted by Crippen LogP contribution is 2.20. The smallest absolute Gasteiger partial charge is 0.235 e. The van der Waals surface area contributed by atoms with Gasteiger partial charge in [-0.25, -0.2) is 8.42 Å². The van der Waals surface area contributed by atoms with E-state index >= 15 is 0 Å². The van der Waals surface area contributed by atoms with Crippen LogP contribution in [0, 0.1) is 11.3 Å². The summed E-state index contributed by atoms with van der Waals surface area (Å²) >= 11 is 0. The summed E-state index contributed by atoms with van der Waals surface area (Å²) < 4.78 is 30.1. The first-order chi connectivity index (χ1) is 7.98. The summed E-state index contributed by atoms with van der Waals surface area (Å²) in [7, 11) is -2.05. The fourth-order valence-electron chi connectivity index (χ4n) is 1.14. The Morgan fingerprint density at radius 3 is 2.76 bits per heavy atom. The van der Waals surface area contributed by atoms with Gasteiger partial charge >= 0.3 is 0 Å². The molecule has 0 bridgehead atoms. The van der Waals surface area contributed by atoms with Gasteiger partial charge in [0.1, 0.15) is 0 Å². The van der Waals surface area contributed by atoms with Gasteiger partial charge in [0.05, 0.1) is 35.4 Å². The Morgan fingerprint density at radius 2 is 2.24 bits per heavy atom. The van der Waals surface area contributed by atoms with E-state index in [0.29, 0.717) is 5.56 Å². The number of ether oxygens (including phenoxy) is 1. The topological polar surface area (TPSA) is 105 Å². The molecule has 0 spiro atoms. The quantitative estimate of drug-likeness (QED) is 0.746. The Kier molecular flexibility index (Phi) is 4.31. The van der Waals surface area contributed by atoms with Crippen LogP contribution < -0.4 is 10.5 Å². The molecule has 1 rings (SSSR count). The van der Waals surface area contributed by atoms with E-state index in [1.165, 1.54) is 25.3 Å². The van der Waals surface area contributed by atoms with Gasteiger partial charge in [0.25, 0.3) is 0 Å². The van der Waals surface area contributed by atoms with E-state index < -0.39 is 10.0 Å². The van der Waals surface area contributed by atoms with Gasteiger partial charge in [-0.15, -0.1) is 0 Å². The predicted octanol–water partition coefficient (Wildman–Crippen LogP) is 0.529. The number of sulfonamides is 1. The van der Waals surface area contributed by atoms with Crippen LogP contribution in [0.1, 0.15) is 5.56 Å². The Labute approximate surface area is 100 Å². The van der Waals surface area contributed by atoms with E-state index in [2.05, 4.69) is 9.46 Å². The van der Waals surface area contributed by atoms with Gasteiger partial charge in [-0.3, -0.25) is 4.72 Å². The number of nitrogen functional groups attached to an aromatic ring is 1. The maximum absolute atomic E-state index is 11.6. The lowest BCUT2D eigenvalue weighted by Gasteiger charge is -2.09. The number of nitrogens with two attached hydrogens (primary N) is 1. The third-order valence-electron chi connectivity index (χ3n) is 2.00. The summed E-state index contributed by atoms with van der Waals surface area (Å²) in [6.45, 7) is 0.103. The fourth-order valence-corrected chi connectivity index (χ4v) is 2.15. The van der Waals surface area contributed by atoms with Gasteiger partial charge in [0, 0.05) is 7.11 Å². The molecule has 0 aliphatic rings. The van der Waals surface area contributed by atoms with Crippen molar-refractivity contribution in [1.82, 2.24) is 0 Å². The first-order valence-electron chi connectivity index (χ1n) is 4.77. The van der Waals surface area contributed by atoms with Gasteiger partial charge in [-0.1, -0.05) is 0 Å². The Balaban J connectivity index is 2.86. The van der Waals surface area contributed by atoms with Crippen molar-refractivity contribution in [2.45, 2.75) is 0 Å². The Morgan fingerprint density at radius 1 is 1.53 bits per heavy atom. The number of hydrogen-bond acceptors (Lipinski definition) is 5. The Bertz CT molecular complexity index is 534. The molecule has 0 unspecified atom stereocenters. The summed E-state index contributed by atoms with van der Waals surface area (Å²) in [5, 5.41) is 8.64. The molecule has 0 aliphatic heterocycles. The zero-order chi connectivity index (χ0) is 12.9. The SMILES string of the molecule is COCCS(=O)(=O)Nc1ccc(C#N)cc1N. The van der Waals surface area contributed by atoms with Gasteiger partial charge in [-0.05, 0) is 18.2 Å². The van der Waals surface area contributed by atoms with E-state index in [0.717, 1.165) is 0 Å². The van der Waals surface area contributed by atoms with Crippen LogP contribution in [0.4, 0.5) is 11.4 Å². The van der Waals surface area contributed by atoms with Gasteiger partial charge in [0.15, 0.2) is 0 Å². The lowest BCUT2D eigenvalue weighted by Crippen LogP contribution is -2.20. The molecule has 0 radical (unpaired) electrons. The van der Waals surface area contributed by atoms with E-state index in [4.69, 9.17) is 11.0 Å². The van der Waals surface area contributed by atoms with Crippen LogP contribution in [0.3, 0.4) is 0 Å². The summed E-state index contributed by atoms with van der Waals surface area (Å²) in [6, 6.07) is 6.27. The molecule has 0 saturated carbocycles. The molecule has 0 aliphatic carbocycles. The van der Waals surface area contributed by atoms with Crippen LogP contribution in [0.5, 0.6) is 0 Å². The highest BCUT2D eigenvalue weighted by atomic mass is 32.2. The van der Waals surface area contributed by atoms with Crippen molar-refractivity contribution < 1.29 is 13.2 Å². The van der Waals surface area contributed by atoms with Crippen molar-refractivity contribution in [2.75, 3.05) is 29.9 Å². The van der Waals surface area contributed by atoms with Crippen molar-refractivity contribution in [3.8, 4) is 6.07 Å². The number of anilines is 2. The largest absolute Gasteiger partial charge is 0.397 e. The molecule has 3 N–H and O–H groups in total. The van der Waals surface area contributed by atoms with Gasteiger partial charge < -0.3 is 10.5 Å². The maximum atomic E-state index is 11.6. The van der Waals surface area contributed by atoms with Crippen LogP contribution in [0.25, 0.3) is 0 Å². The number of methoxy groups -OCH3 is 1. The van der Waals surface area contributed by atoms with Crippen LogP contribution in [0.2, 0.25) is 0 Å². The third-order valence-corrected chi connectivity index (χ3v) is 3.24. The molecule has 0 amide bonds. The first-order valence-corrected chi connectivity index (χ1v) is 6.43. The number of hydrogen-bond donors (Lipinski definition) is 2. The second kappa shape index (κ2) is 5.52. The molecule has 0 saturated heterocycles. The van der Waals surface area contributed by atoms with E-state index in [1.54, 1.807) is 0 Å². The maximum Gasteiger partial charge on any atom is 0.235 e. The molecular formula is C10H13N3O3S. The van der Waals surface area contributed by atoms with Crippen molar-refractivity contribution in [3.05, 3.63) is 23.8 Å². The van der Waals surface area contributed by atoms with Crippen LogP contribution in [-0.4, -0.2) is 27.9 Å². The molecule has 7 heteroatoms. The molecule has 0 atom stereocenters. The van der Waals surface area contributed by atoms with Gasteiger partial charge in [0.2, 0.25) is 10.0 Å². The van der Waals surface area contributed by atoms with Crippen LogP contribution in [0.15, 0.2) is 18.2 Å². The second-order valence-corrected chi connectivity index (χ2v) is 5.17. The van der Waals surface area contributed by atoms with Crippen molar-refractivity contribution in [1.29, 1.82) is 5.26 Å². The molecule has 6 nitrogen and oxygen atoms in total.